The zero-order valence-corrected chi connectivity index (χ0v) is 21.0. The maximum atomic E-state index is 13.8. The number of aryl methyl sites for hydroxylation is 1. The van der Waals surface area contributed by atoms with Crippen LogP contribution in [0.1, 0.15) is 53.7 Å². The predicted octanol–water partition coefficient (Wildman–Crippen LogP) is 4.04. The molecule has 0 aliphatic carbocycles. The maximum absolute atomic E-state index is 13.8. The van der Waals surface area contributed by atoms with Crippen LogP contribution in [0.5, 0.6) is 0 Å². The van der Waals surface area contributed by atoms with Gasteiger partial charge in [-0.1, -0.05) is 36.4 Å². The van der Waals surface area contributed by atoms with Gasteiger partial charge in [-0.05, 0) is 38.0 Å². The van der Waals surface area contributed by atoms with E-state index in [0.717, 1.165) is 28.5 Å². The second kappa shape index (κ2) is 11.1. The molecule has 2 atom stereocenters. The Bertz CT molecular complexity index is 1190. The van der Waals surface area contributed by atoms with Gasteiger partial charge in [0.2, 0.25) is 5.91 Å². The first-order valence-corrected chi connectivity index (χ1v) is 12.3. The van der Waals surface area contributed by atoms with Crippen LogP contribution < -0.4 is 5.32 Å². The minimum Gasteiger partial charge on any atom is -0.383 e. The second-order valence-electron chi connectivity index (χ2n) is 9.28. The maximum Gasteiger partial charge on any atom is 0.254 e. The average Bonchev–Trinajstić information content (AvgIpc) is 3.19. The van der Waals surface area contributed by atoms with Gasteiger partial charge in [0.1, 0.15) is 0 Å². The Hall–Kier alpha value is -3.16. The molecule has 7 heteroatoms. The highest BCUT2D eigenvalue weighted by atomic mass is 16.5. The number of para-hydroxylation sites is 1. The first kappa shape index (κ1) is 24.9. The molecule has 2 unspecified atom stereocenters. The summed E-state index contributed by atoms with van der Waals surface area (Å²) in [5.41, 5.74) is 3.36. The monoisotopic (exact) mass is 477 g/mol. The number of nitrogens with one attached hydrogen (secondary N) is 1. The molecule has 2 amide bonds. The van der Waals surface area contributed by atoms with Crippen LogP contribution in [-0.4, -0.2) is 60.8 Å². The van der Waals surface area contributed by atoms with Gasteiger partial charge in [-0.3, -0.25) is 9.59 Å². The van der Waals surface area contributed by atoms with E-state index in [1.165, 1.54) is 0 Å². The van der Waals surface area contributed by atoms with Crippen molar-refractivity contribution < 1.29 is 19.1 Å². The Morgan fingerprint density at radius 1 is 1.06 bits per heavy atom. The molecule has 3 aromatic rings. The Kier molecular flexibility index (Phi) is 7.88. The van der Waals surface area contributed by atoms with Crippen LogP contribution >= 0.6 is 0 Å². The van der Waals surface area contributed by atoms with E-state index in [9.17, 15) is 9.59 Å². The molecule has 0 fully saturated rings. The fraction of sp³-hybridized carbons (Fsp3) is 0.429. The highest BCUT2D eigenvalue weighted by Gasteiger charge is 2.44. The fourth-order valence-electron chi connectivity index (χ4n) is 4.98. The lowest BCUT2D eigenvalue weighted by Crippen LogP contribution is -2.48. The normalized spacial score (nSPS) is 17.7. The lowest BCUT2D eigenvalue weighted by atomic mass is 9.79. The molecule has 186 valence electrons. The third-order valence-corrected chi connectivity index (χ3v) is 6.58. The smallest absolute Gasteiger partial charge is 0.254 e. The average molecular weight is 478 g/mol. The lowest BCUT2D eigenvalue weighted by Gasteiger charge is -2.41. The van der Waals surface area contributed by atoms with E-state index in [1.807, 2.05) is 63.5 Å². The molecular formula is C28H35N3O4. The summed E-state index contributed by atoms with van der Waals surface area (Å²) in [6, 6.07) is 15.1. The number of hydrogen-bond donors (Lipinski definition) is 1. The van der Waals surface area contributed by atoms with Crippen LogP contribution in [0.2, 0.25) is 0 Å². The number of ether oxygens (including phenoxy) is 2. The number of carbonyl (C=O) groups is 2. The standard InChI is InChI=1S/C28H35N3O4/c1-19(2)35-16-9-14-29-27(32)25-21-11-5-6-12-22(21)28(33)31(15-17-34-4)26(25)23-18-30(3)24-13-8-7-10-20(23)24/h5-8,10-13,18-19,25-26H,9,14-17H2,1-4H3,(H,29,32). The number of methoxy groups -OCH3 is 1. The minimum atomic E-state index is -0.544. The first-order chi connectivity index (χ1) is 16.9. The Morgan fingerprint density at radius 2 is 1.80 bits per heavy atom. The van der Waals surface area contributed by atoms with Crippen LogP contribution in [0, 0.1) is 0 Å². The van der Waals surface area contributed by atoms with Gasteiger partial charge < -0.3 is 24.3 Å². The van der Waals surface area contributed by atoms with Crippen molar-refractivity contribution in [3.8, 4) is 0 Å². The van der Waals surface area contributed by atoms with Gasteiger partial charge in [-0.15, -0.1) is 0 Å². The number of nitrogens with zero attached hydrogens (tertiary/aromatic N) is 2. The molecule has 1 N–H and O–H groups in total. The zero-order chi connectivity index (χ0) is 24.9. The molecule has 2 aromatic carbocycles. The highest BCUT2D eigenvalue weighted by molar-refractivity contribution is 6.02. The summed E-state index contributed by atoms with van der Waals surface area (Å²) in [6.45, 7) is 5.87. The van der Waals surface area contributed by atoms with Crippen LogP contribution in [0.4, 0.5) is 0 Å². The molecule has 1 aliphatic rings. The SMILES string of the molecule is COCCN1C(=O)c2ccccc2C(C(=O)NCCCOC(C)C)C1c1cn(C)c2ccccc12. The van der Waals surface area contributed by atoms with E-state index in [0.29, 0.717) is 31.9 Å². The number of hydrogen-bond acceptors (Lipinski definition) is 4. The summed E-state index contributed by atoms with van der Waals surface area (Å²) in [4.78, 5) is 29.3. The van der Waals surface area contributed by atoms with E-state index in [1.54, 1.807) is 12.0 Å². The third kappa shape index (κ3) is 5.11. The summed E-state index contributed by atoms with van der Waals surface area (Å²) in [5.74, 6) is -0.711. The van der Waals surface area contributed by atoms with Gasteiger partial charge in [0.25, 0.3) is 5.91 Å². The molecule has 1 aliphatic heterocycles. The summed E-state index contributed by atoms with van der Waals surface area (Å²) in [7, 11) is 3.62. The van der Waals surface area contributed by atoms with Crippen LogP contribution in [0.25, 0.3) is 10.9 Å². The van der Waals surface area contributed by atoms with Gasteiger partial charge in [0.05, 0.1) is 24.7 Å². The van der Waals surface area contributed by atoms with Crippen molar-refractivity contribution in [2.45, 2.75) is 38.3 Å². The molecule has 0 saturated heterocycles. The summed E-state index contributed by atoms with van der Waals surface area (Å²) in [5, 5.41) is 4.16. The van der Waals surface area contributed by atoms with Crippen molar-refractivity contribution in [2.24, 2.45) is 7.05 Å². The summed E-state index contributed by atoms with van der Waals surface area (Å²) in [6.07, 6.45) is 2.93. The van der Waals surface area contributed by atoms with Gasteiger partial charge >= 0.3 is 0 Å². The van der Waals surface area contributed by atoms with Gasteiger partial charge in [-0.2, -0.15) is 0 Å². The second-order valence-corrected chi connectivity index (χ2v) is 9.28. The molecule has 0 radical (unpaired) electrons. The van der Waals surface area contributed by atoms with Gasteiger partial charge in [0, 0.05) is 62.1 Å². The van der Waals surface area contributed by atoms with E-state index in [-0.39, 0.29) is 17.9 Å². The van der Waals surface area contributed by atoms with Crippen molar-refractivity contribution in [1.29, 1.82) is 0 Å². The van der Waals surface area contributed by atoms with E-state index in [2.05, 4.69) is 22.0 Å². The van der Waals surface area contributed by atoms with Gasteiger partial charge in [-0.25, -0.2) is 0 Å². The van der Waals surface area contributed by atoms with E-state index >= 15 is 0 Å². The fourth-order valence-corrected chi connectivity index (χ4v) is 4.98. The molecular weight excluding hydrogens is 442 g/mol. The van der Waals surface area contributed by atoms with Crippen molar-refractivity contribution in [2.75, 3.05) is 33.4 Å². The third-order valence-electron chi connectivity index (χ3n) is 6.58. The first-order valence-electron chi connectivity index (χ1n) is 12.3. The lowest BCUT2D eigenvalue weighted by molar-refractivity contribution is -0.124. The topological polar surface area (TPSA) is 72.8 Å². The van der Waals surface area contributed by atoms with Crippen molar-refractivity contribution >= 4 is 22.7 Å². The molecule has 4 rings (SSSR count). The minimum absolute atomic E-state index is 0.0787. The van der Waals surface area contributed by atoms with Crippen molar-refractivity contribution in [3.05, 3.63) is 71.4 Å². The van der Waals surface area contributed by atoms with E-state index in [4.69, 9.17) is 9.47 Å². The summed E-state index contributed by atoms with van der Waals surface area (Å²) >= 11 is 0. The Labute approximate surface area is 207 Å². The number of aromatic nitrogens is 1. The quantitative estimate of drug-likeness (QED) is 0.448. The van der Waals surface area contributed by atoms with Crippen LogP contribution in [0.15, 0.2) is 54.7 Å². The van der Waals surface area contributed by atoms with Crippen LogP contribution in [-0.2, 0) is 21.3 Å². The number of fused-ring (bicyclic) bond motifs is 2. The molecule has 0 saturated carbocycles. The zero-order valence-electron chi connectivity index (χ0n) is 21.0. The van der Waals surface area contributed by atoms with Gasteiger partial charge in [0.15, 0.2) is 0 Å². The Balaban J connectivity index is 1.76. The van der Waals surface area contributed by atoms with Crippen molar-refractivity contribution in [1.82, 2.24) is 14.8 Å². The molecule has 35 heavy (non-hydrogen) atoms. The van der Waals surface area contributed by atoms with E-state index < -0.39 is 12.0 Å². The number of rotatable bonds is 10. The summed E-state index contributed by atoms with van der Waals surface area (Å²) < 4.78 is 13.0. The molecule has 0 spiro atoms. The number of benzene rings is 2. The van der Waals surface area contributed by atoms with Crippen molar-refractivity contribution in [3.63, 3.8) is 0 Å². The van der Waals surface area contributed by atoms with Crippen LogP contribution in [0.3, 0.4) is 0 Å². The number of carbonyl (C=O) groups excluding carboxylic acids is 2. The molecule has 0 bridgehead atoms. The molecule has 7 nitrogen and oxygen atoms in total. The number of amides is 2. The predicted molar refractivity (Wildman–Crippen MR) is 136 cm³/mol. The molecule has 2 heterocycles. The largest absolute Gasteiger partial charge is 0.383 e. The Morgan fingerprint density at radius 3 is 2.57 bits per heavy atom. The molecule has 1 aromatic heterocycles. The highest BCUT2D eigenvalue weighted by Crippen LogP contribution is 2.45.